The summed E-state index contributed by atoms with van der Waals surface area (Å²) in [4.78, 5) is 14.6. The van der Waals surface area contributed by atoms with E-state index in [-0.39, 0.29) is 11.8 Å². The Kier molecular flexibility index (Phi) is 4.77. The highest BCUT2D eigenvalue weighted by atomic mass is 35.5. The third kappa shape index (κ3) is 3.47. The Labute approximate surface area is 105 Å². The van der Waals surface area contributed by atoms with Gasteiger partial charge in [0.2, 0.25) is 5.91 Å². The minimum absolute atomic E-state index is 0.0282. The van der Waals surface area contributed by atoms with Crippen molar-refractivity contribution in [1.29, 1.82) is 0 Å². The van der Waals surface area contributed by atoms with E-state index in [0.717, 1.165) is 9.21 Å². The van der Waals surface area contributed by atoms with E-state index in [0.29, 0.717) is 6.54 Å². The summed E-state index contributed by atoms with van der Waals surface area (Å²) in [5, 5.41) is 0. The van der Waals surface area contributed by atoms with Crippen LogP contribution in [-0.2, 0) is 11.3 Å². The molecule has 1 amide bonds. The lowest BCUT2D eigenvalue weighted by Crippen LogP contribution is -2.44. The fourth-order valence-corrected chi connectivity index (χ4v) is 2.43. The average Bonchev–Trinajstić information content (AvgIpc) is 2.61. The Balaban J connectivity index is 2.58. The van der Waals surface area contributed by atoms with Crippen molar-refractivity contribution >= 4 is 28.8 Å². The van der Waals surface area contributed by atoms with Gasteiger partial charge in [-0.25, -0.2) is 0 Å². The third-order valence-electron chi connectivity index (χ3n) is 2.40. The molecular weight excluding hydrogens is 244 g/mol. The van der Waals surface area contributed by atoms with Gasteiger partial charge in [-0.05, 0) is 18.1 Å². The Morgan fingerprint density at radius 1 is 1.56 bits per heavy atom. The van der Waals surface area contributed by atoms with Crippen LogP contribution >= 0.6 is 22.9 Å². The molecule has 16 heavy (non-hydrogen) atoms. The molecule has 5 heteroatoms. The summed E-state index contributed by atoms with van der Waals surface area (Å²) in [6, 6.07) is 3.33. The van der Waals surface area contributed by atoms with Crippen molar-refractivity contribution in [1.82, 2.24) is 4.90 Å². The molecule has 1 atom stereocenters. The number of carbonyl (C=O) groups excluding carboxylic acids is 1. The summed E-state index contributed by atoms with van der Waals surface area (Å²) in [5.41, 5.74) is 5.81. The zero-order valence-electron chi connectivity index (χ0n) is 9.74. The zero-order chi connectivity index (χ0) is 12.3. The number of thiophene rings is 1. The summed E-state index contributed by atoms with van der Waals surface area (Å²) in [6.07, 6.45) is 0. The summed E-state index contributed by atoms with van der Waals surface area (Å²) in [7, 11) is 1.76. The minimum Gasteiger partial charge on any atom is -0.339 e. The van der Waals surface area contributed by atoms with Crippen LogP contribution < -0.4 is 5.73 Å². The van der Waals surface area contributed by atoms with Crippen LogP contribution in [0.4, 0.5) is 0 Å². The van der Waals surface area contributed by atoms with Gasteiger partial charge < -0.3 is 10.6 Å². The molecule has 0 saturated carbocycles. The molecule has 90 valence electrons. The van der Waals surface area contributed by atoms with E-state index in [1.807, 2.05) is 26.0 Å². The predicted molar refractivity (Wildman–Crippen MR) is 68.6 cm³/mol. The van der Waals surface area contributed by atoms with Crippen LogP contribution in [0, 0.1) is 5.92 Å². The topological polar surface area (TPSA) is 46.3 Å². The Bertz CT molecular complexity index is 365. The molecule has 0 radical (unpaired) electrons. The van der Waals surface area contributed by atoms with E-state index in [1.165, 1.54) is 11.3 Å². The fourth-order valence-electron chi connectivity index (χ4n) is 1.29. The molecule has 3 nitrogen and oxygen atoms in total. The van der Waals surface area contributed by atoms with Gasteiger partial charge in [0.25, 0.3) is 0 Å². The maximum Gasteiger partial charge on any atom is 0.239 e. The monoisotopic (exact) mass is 260 g/mol. The molecule has 0 bridgehead atoms. The van der Waals surface area contributed by atoms with E-state index in [9.17, 15) is 4.79 Å². The molecule has 0 fully saturated rings. The number of rotatable bonds is 4. The van der Waals surface area contributed by atoms with Crippen molar-refractivity contribution in [2.24, 2.45) is 11.7 Å². The first-order valence-corrected chi connectivity index (χ1v) is 6.36. The highest BCUT2D eigenvalue weighted by Gasteiger charge is 2.21. The van der Waals surface area contributed by atoms with Crippen molar-refractivity contribution in [3.8, 4) is 0 Å². The lowest BCUT2D eigenvalue weighted by molar-refractivity contribution is -0.132. The molecular formula is C11H17ClN2OS. The fraction of sp³-hybridized carbons (Fsp3) is 0.545. The number of halogens is 1. The van der Waals surface area contributed by atoms with Crippen LogP contribution in [0.5, 0.6) is 0 Å². The van der Waals surface area contributed by atoms with Gasteiger partial charge >= 0.3 is 0 Å². The predicted octanol–water partition coefficient (Wildman–Crippen LogP) is 2.34. The van der Waals surface area contributed by atoms with Crippen molar-refractivity contribution in [2.45, 2.75) is 26.4 Å². The standard InChI is InChI=1S/C11H17ClN2OS/c1-7(2)10(13)11(15)14(3)6-8-4-5-9(12)16-8/h4-5,7,10H,6,13H2,1-3H3. The first-order chi connectivity index (χ1) is 7.41. The van der Waals surface area contributed by atoms with Gasteiger partial charge in [-0.2, -0.15) is 0 Å². The van der Waals surface area contributed by atoms with Gasteiger partial charge in [-0.15, -0.1) is 11.3 Å². The van der Waals surface area contributed by atoms with E-state index >= 15 is 0 Å². The zero-order valence-corrected chi connectivity index (χ0v) is 11.3. The Morgan fingerprint density at radius 2 is 2.19 bits per heavy atom. The second-order valence-corrected chi connectivity index (χ2v) is 5.97. The van der Waals surface area contributed by atoms with Gasteiger partial charge in [0.1, 0.15) is 0 Å². The van der Waals surface area contributed by atoms with E-state index in [1.54, 1.807) is 11.9 Å². The summed E-state index contributed by atoms with van der Waals surface area (Å²) >= 11 is 7.31. The number of nitrogens with zero attached hydrogens (tertiary/aromatic N) is 1. The largest absolute Gasteiger partial charge is 0.339 e. The summed E-state index contributed by atoms with van der Waals surface area (Å²) < 4.78 is 0.740. The van der Waals surface area contributed by atoms with Crippen molar-refractivity contribution in [2.75, 3.05) is 7.05 Å². The van der Waals surface area contributed by atoms with Crippen molar-refractivity contribution < 1.29 is 4.79 Å². The number of likely N-dealkylation sites (N-methyl/N-ethyl adjacent to an activating group) is 1. The number of carbonyl (C=O) groups is 1. The van der Waals surface area contributed by atoms with Gasteiger partial charge in [-0.3, -0.25) is 4.79 Å². The molecule has 1 aromatic heterocycles. The molecule has 0 aromatic carbocycles. The van der Waals surface area contributed by atoms with Crippen LogP contribution in [-0.4, -0.2) is 23.9 Å². The van der Waals surface area contributed by atoms with Crippen LogP contribution in [0.3, 0.4) is 0 Å². The Morgan fingerprint density at radius 3 is 2.62 bits per heavy atom. The average molecular weight is 261 g/mol. The summed E-state index contributed by atoms with van der Waals surface area (Å²) in [5.74, 6) is 0.126. The van der Waals surface area contributed by atoms with E-state index in [4.69, 9.17) is 17.3 Å². The number of hydrogen-bond donors (Lipinski definition) is 1. The SMILES string of the molecule is CC(C)C(N)C(=O)N(C)Cc1ccc(Cl)s1. The minimum atomic E-state index is -0.430. The van der Waals surface area contributed by atoms with Crippen LogP contribution in [0.2, 0.25) is 4.34 Å². The highest BCUT2D eigenvalue weighted by molar-refractivity contribution is 7.16. The van der Waals surface area contributed by atoms with Crippen LogP contribution in [0.25, 0.3) is 0 Å². The number of amides is 1. The second kappa shape index (κ2) is 5.66. The van der Waals surface area contributed by atoms with Gasteiger partial charge in [0, 0.05) is 11.9 Å². The molecule has 1 heterocycles. The van der Waals surface area contributed by atoms with E-state index < -0.39 is 6.04 Å². The highest BCUT2D eigenvalue weighted by Crippen LogP contribution is 2.22. The van der Waals surface area contributed by atoms with E-state index in [2.05, 4.69) is 0 Å². The number of hydrogen-bond acceptors (Lipinski definition) is 3. The lowest BCUT2D eigenvalue weighted by atomic mass is 10.0. The Hall–Kier alpha value is -0.580. The van der Waals surface area contributed by atoms with Crippen molar-refractivity contribution in [3.05, 3.63) is 21.3 Å². The van der Waals surface area contributed by atoms with Crippen molar-refractivity contribution in [3.63, 3.8) is 0 Å². The first kappa shape index (κ1) is 13.5. The molecule has 0 spiro atoms. The molecule has 0 aliphatic heterocycles. The molecule has 1 unspecified atom stereocenters. The molecule has 0 aliphatic rings. The summed E-state index contributed by atoms with van der Waals surface area (Å²) in [6.45, 7) is 4.45. The van der Waals surface area contributed by atoms with Crippen LogP contribution in [0.15, 0.2) is 12.1 Å². The van der Waals surface area contributed by atoms with Crippen LogP contribution in [0.1, 0.15) is 18.7 Å². The molecule has 0 aliphatic carbocycles. The molecule has 1 aromatic rings. The molecule has 0 saturated heterocycles. The normalized spacial score (nSPS) is 12.9. The third-order valence-corrected chi connectivity index (χ3v) is 3.62. The second-order valence-electron chi connectivity index (χ2n) is 4.17. The maximum atomic E-state index is 11.9. The quantitative estimate of drug-likeness (QED) is 0.903. The number of nitrogens with two attached hydrogens (primary N) is 1. The molecule has 1 rings (SSSR count). The van der Waals surface area contributed by atoms with Gasteiger partial charge in [0.05, 0.1) is 16.9 Å². The lowest BCUT2D eigenvalue weighted by Gasteiger charge is -2.22. The first-order valence-electron chi connectivity index (χ1n) is 5.16. The van der Waals surface area contributed by atoms with Gasteiger partial charge in [0.15, 0.2) is 0 Å². The maximum absolute atomic E-state index is 11.9. The van der Waals surface area contributed by atoms with Gasteiger partial charge in [-0.1, -0.05) is 25.4 Å². The molecule has 2 N–H and O–H groups in total. The smallest absolute Gasteiger partial charge is 0.239 e.